The number of hydrogen-bond donors (Lipinski definition) is 2. The van der Waals surface area contributed by atoms with Crippen molar-refractivity contribution in [2.24, 2.45) is 11.8 Å². The molecular formula is C12H14F3NO3. The normalized spacial score (nSPS) is 28.8. The van der Waals surface area contributed by atoms with Crippen LogP contribution in [-0.2, 0) is 9.59 Å². The minimum absolute atomic E-state index is 0.136. The van der Waals surface area contributed by atoms with Crippen LogP contribution in [0.2, 0.25) is 0 Å². The summed E-state index contributed by atoms with van der Waals surface area (Å²) in [4.78, 5) is 22.9. The zero-order valence-corrected chi connectivity index (χ0v) is 10.0. The molecule has 2 N–H and O–H groups in total. The van der Waals surface area contributed by atoms with Gasteiger partial charge in [0.15, 0.2) is 0 Å². The monoisotopic (exact) mass is 277 g/mol. The average Bonchev–Trinajstić information content (AvgIpc) is 3.09. The molecule has 1 fully saturated rings. The highest BCUT2D eigenvalue weighted by Crippen LogP contribution is 2.49. The average molecular weight is 277 g/mol. The maximum Gasteiger partial charge on any atom is 0.411 e. The molecule has 0 unspecified atom stereocenters. The topological polar surface area (TPSA) is 66.4 Å². The number of carboxylic acids is 1. The molecule has 0 aromatic rings. The van der Waals surface area contributed by atoms with E-state index in [0.29, 0.717) is 0 Å². The van der Waals surface area contributed by atoms with Crippen LogP contribution in [0.4, 0.5) is 13.2 Å². The van der Waals surface area contributed by atoms with Crippen molar-refractivity contribution in [2.45, 2.75) is 37.4 Å². The number of amides is 1. The van der Waals surface area contributed by atoms with E-state index >= 15 is 0 Å². The van der Waals surface area contributed by atoms with Gasteiger partial charge in [0, 0.05) is 0 Å². The van der Waals surface area contributed by atoms with Gasteiger partial charge in [0.05, 0.1) is 11.8 Å². The number of aliphatic carboxylic acids is 1. The van der Waals surface area contributed by atoms with Crippen LogP contribution in [0.25, 0.3) is 0 Å². The first-order valence-electron chi connectivity index (χ1n) is 6.03. The van der Waals surface area contributed by atoms with Crippen LogP contribution in [0.5, 0.6) is 0 Å². The first-order valence-corrected chi connectivity index (χ1v) is 6.03. The van der Waals surface area contributed by atoms with Crippen LogP contribution in [-0.4, -0.2) is 28.7 Å². The maximum atomic E-state index is 12.7. The van der Waals surface area contributed by atoms with E-state index in [0.717, 1.165) is 0 Å². The van der Waals surface area contributed by atoms with Crippen molar-refractivity contribution < 1.29 is 27.9 Å². The fraction of sp³-hybridized carbons (Fsp3) is 0.667. The number of carboxylic acid groups (broad SMARTS) is 1. The van der Waals surface area contributed by atoms with E-state index in [2.05, 4.69) is 0 Å². The zero-order chi connectivity index (χ0) is 14.3. The first-order chi connectivity index (χ1) is 8.77. The van der Waals surface area contributed by atoms with Gasteiger partial charge in [0.25, 0.3) is 0 Å². The molecule has 19 heavy (non-hydrogen) atoms. The second kappa shape index (κ2) is 4.54. The minimum Gasteiger partial charge on any atom is -0.481 e. The highest BCUT2D eigenvalue weighted by atomic mass is 19.4. The van der Waals surface area contributed by atoms with E-state index < -0.39 is 35.4 Å². The van der Waals surface area contributed by atoms with Crippen LogP contribution >= 0.6 is 0 Å². The predicted octanol–water partition coefficient (Wildman–Crippen LogP) is 1.86. The fourth-order valence-corrected chi connectivity index (χ4v) is 2.31. The summed E-state index contributed by atoms with van der Waals surface area (Å²) in [5.41, 5.74) is -2.13. The van der Waals surface area contributed by atoms with E-state index in [-0.39, 0.29) is 25.7 Å². The minimum atomic E-state index is -4.48. The molecule has 0 heterocycles. The molecule has 7 heteroatoms. The number of nitrogens with one attached hydrogen (secondary N) is 1. The highest BCUT2D eigenvalue weighted by Gasteiger charge is 2.64. The Bertz CT molecular complexity index is 426. The summed E-state index contributed by atoms with van der Waals surface area (Å²) in [6.07, 6.45) is -1.14. The lowest BCUT2D eigenvalue weighted by Gasteiger charge is -2.28. The Kier molecular flexibility index (Phi) is 3.32. The van der Waals surface area contributed by atoms with Crippen LogP contribution in [0.1, 0.15) is 25.7 Å². The largest absolute Gasteiger partial charge is 0.481 e. The van der Waals surface area contributed by atoms with E-state index in [9.17, 15) is 22.8 Å². The number of rotatable bonds is 3. The summed E-state index contributed by atoms with van der Waals surface area (Å²) in [5, 5.41) is 11.0. The van der Waals surface area contributed by atoms with Crippen molar-refractivity contribution in [1.82, 2.24) is 5.32 Å². The number of carbonyl (C=O) groups is 2. The molecule has 1 saturated carbocycles. The van der Waals surface area contributed by atoms with E-state index in [1.807, 2.05) is 5.32 Å². The first kappa shape index (κ1) is 13.9. The third-order valence-corrected chi connectivity index (χ3v) is 3.74. The predicted molar refractivity (Wildman–Crippen MR) is 59.2 cm³/mol. The molecule has 0 bridgehead atoms. The van der Waals surface area contributed by atoms with Gasteiger partial charge in [-0.3, -0.25) is 9.59 Å². The summed E-state index contributed by atoms with van der Waals surface area (Å²) in [6, 6.07) is 0. The van der Waals surface area contributed by atoms with Gasteiger partial charge in [-0.15, -0.1) is 0 Å². The van der Waals surface area contributed by atoms with Crippen molar-refractivity contribution >= 4 is 11.9 Å². The Balaban J connectivity index is 2.08. The van der Waals surface area contributed by atoms with Gasteiger partial charge in [-0.2, -0.15) is 13.2 Å². The van der Waals surface area contributed by atoms with Crippen molar-refractivity contribution in [3.8, 4) is 0 Å². The van der Waals surface area contributed by atoms with Crippen molar-refractivity contribution in [2.75, 3.05) is 0 Å². The zero-order valence-electron chi connectivity index (χ0n) is 10.0. The highest BCUT2D eigenvalue weighted by molar-refractivity contribution is 5.86. The molecule has 2 aliphatic rings. The van der Waals surface area contributed by atoms with Crippen LogP contribution in [0, 0.1) is 11.8 Å². The molecule has 0 aliphatic heterocycles. The number of hydrogen-bond acceptors (Lipinski definition) is 2. The number of halogens is 3. The molecule has 0 aromatic heterocycles. The van der Waals surface area contributed by atoms with Gasteiger partial charge < -0.3 is 10.4 Å². The lowest BCUT2D eigenvalue weighted by atomic mass is 9.82. The number of carbonyl (C=O) groups excluding carboxylic acids is 1. The lowest BCUT2D eigenvalue weighted by Crippen LogP contribution is -2.51. The summed E-state index contributed by atoms with van der Waals surface area (Å²) in [7, 11) is 0. The molecule has 4 nitrogen and oxygen atoms in total. The van der Waals surface area contributed by atoms with Gasteiger partial charge in [0.2, 0.25) is 5.91 Å². The number of alkyl halides is 3. The third-order valence-electron chi connectivity index (χ3n) is 3.74. The SMILES string of the molecule is O=C(O)[C@H]1CC=CC[C@H]1C(=O)NC1(C(F)(F)F)CC1. The standard InChI is InChI=1S/C12H14F3NO3/c13-12(14,15)11(5-6-11)16-9(17)7-3-1-2-4-8(7)10(18)19/h1-2,7-8H,3-6H2,(H,16,17)(H,18,19)/t7-,8+/m1/s1. The smallest absolute Gasteiger partial charge is 0.411 e. The molecule has 106 valence electrons. The maximum absolute atomic E-state index is 12.7. The van der Waals surface area contributed by atoms with E-state index in [4.69, 9.17) is 5.11 Å². The molecule has 1 amide bonds. The van der Waals surface area contributed by atoms with Crippen molar-refractivity contribution in [3.63, 3.8) is 0 Å². The van der Waals surface area contributed by atoms with Crippen LogP contribution in [0.3, 0.4) is 0 Å². The quantitative estimate of drug-likeness (QED) is 0.774. The van der Waals surface area contributed by atoms with E-state index in [1.54, 1.807) is 12.2 Å². The summed E-state index contributed by atoms with van der Waals surface area (Å²) >= 11 is 0. The molecule has 0 saturated heterocycles. The second-order valence-corrected chi connectivity index (χ2v) is 5.06. The molecular weight excluding hydrogens is 263 g/mol. The van der Waals surface area contributed by atoms with Gasteiger partial charge in [-0.1, -0.05) is 12.2 Å². The van der Waals surface area contributed by atoms with Gasteiger partial charge in [-0.05, 0) is 25.7 Å². The second-order valence-electron chi connectivity index (χ2n) is 5.06. The Morgan fingerprint density at radius 1 is 1.16 bits per heavy atom. The van der Waals surface area contributed by atoms with Crippen LogP contribution in [0.15, 0.2) is 12.2 Å². The molecule has 0 spiro atoms. The Labute approximate surface area is 107 Å². The van der Waals surface area contributed by atoms with Gasteiger partial charge in [-0.25, -0.2) is 0 Å². The van der Waals surface area contributed by atoms with E-state index in [1.165, 1.54) is 0 Å². The van der Waals surface area contributed by atoms with Gasteiger partial charge >= 0.3 is 12.1 Å². The Morgan fingerprint density at radius 2 is 1.68 bits per heavy atom. The fourth-order valence-electron chi connectivity index (χ4n) is 2.31. The molecule has 2 atom stereocenters. The molecule has 0 radical (unpaired) electrons. The summed E-state index contributed by atoms with van der Waals surface area (Å²) < 4.78 is 38.2. The third kappa shape index (κ3) is 2.59. The summed E-state index contributed by atoms with van der Waals surface area (Å²) in [5.74, 6) is -3.84. The molecule has 2 aliphatic carbocycles. The van der Waals surface area contributed by atoms with Crippen molar-refractivity contribution in [3.05, 3.63) is 12.2 Å². The molecule has 0 aromatic carbocycles. The number of allylic oxidation sites excluding steroid dienone is 2. The van der Waals surface area contributed by atoms with Crippen molar-refractivity contribution in [1.29, 1.82) is 0 Å². The lowest BCUT2D eigenvalue weighted by molar-refractivity contribution is -0.172. The Hall–Kier alpha value is -1.53. The Morgan fingerprint density at radius 3 is 2.11 bits per heavy atom. The van der Waals surface area contributed by atoms with Gasteiger partial charge in [0.1, 0.15) is 5.54 Å². The summed E-state index contributed by atoms with van der Waals surface area (Å²) in [6.45, 7) is 0. The molecule has 2 rings (SSSR count). The van der Waals surface area contributed by atoms with Crippen LogP contribution < -0.4 is 5.32 Å².